The molecule has 1 aliphatic heterocycles. The fourth-order valence-corrected chi connectivity index (χ4v) is 4.63. The van der Waals surface area contributed by atoms with Crippen LogP contribution in [0.5, 0.6) is 0 Å². The first-order valence-corrected chi connectivity index (χ1v) is 9.26. The Morgan fingerprint density at radius 2 is 2.10 bits per heavy atom. The van der Waals surface area contributed by atoms with Gasteiger partial charge in [0.2, 0.25) is 0 Å². The predicted octanol–water partition coefficient (Wildman–Crippen LogP) is 4.43. The SMILES string of the molecule is CCCNCC1CCCN(C)C1c1ccc(C(C)(C)C)s1. The summed E-state index contributed by atoms with van der Waals surface area (Å²) in [6, 6.07) is 5.33. The van der Waals surface area contributed by atoms with Crippen molar-refractivity contribution >= 4 is 11.3 Å². The van der Waals surface area contributed by atoms with Crippen LogP contribution in [0.2, 0.25) is 0 Å². The van der Waals surface area contributed by atoms with E-state index >= 15 is 0 Å². The number of hydrogen-bond acceptors (Lipinski definition) is 3. The molecule has 1 fully saturated rings. The Morgan fingerprint density at radius 1 is 1.33 bits per heavy atom. The molecule has 0 aliphatic carbocycles. The molecule has 120 valence electrons. The summed E-state index contributed by atoms with van der Waals surface area (Å²) < 4.78 is 0. The number of thiophene rings is 1. The van der Waals surface area contributed by atoms with Crippen molar-refractivity contribution < 1.29 is 0 Å². The Kier molecular flexibility index (Phi) is 5.87. The molecule has 21 heavy (non-hydrogen) atoms. The van der Waals surface area contributed by atoms with Crippen molar-refractivity contribution in [3.63, 3.8) is 0 Å². The smallest absolute Gasteiger partial charge is 0.0478 e. The van der Waals surface area contributed by atoms with Gasteiger partial charge in [-0.2, -0.15) is 0 Å². The van der Waals surface area contributed by atoms with Crippen molar-refractivity contribution in [1.82, 2.24) is 10.2 Å². The lowest BCUT2D eigenvalue weighted by Crippen LogP contribution is -2.40. The van der Waals surface area contributed by atoms with Gasteiger partial charge in [-0.3, -0.25) is 4.90 Å². The van der Waals surface area contributed by atoms with Gasteiger partial charge in [-0.1, -0.05) is 27.7 Å². The maximum atomic E-state index is 3.64. The average Bonchev–Trinajstić information content (AvgIpc) is 2.88. The molecule has 2 unspecified atom stereocenters. The summed E-state index contributed by atoms with van der Waals surface area (Å²) in [7, 11) is 2.30. The lowest BCUT2D eigenvalue weighted by molar-refractivity contribution is 0.122. The molecule has 3 heteroatoms. The Hall–Kier alpha value is -0.380. The predicted molar refractivity (Wildman–Crippen MR) is 94.3 cm³/mol. The van der Waals surface area contributed by atoms with Crippen molar-refractivity contribution in [2.75, 3.05) is 26.7 Å². The van der Waals surface area contributed by atoms with Gasteiger partial charge in [-0.05, 0) is 69.4 Å². The molecule has 2 atom stereocenters. The van der Waals surface area contributed by atoms with Gasteiger partial charge >= 0.3 is 0 Å². The van der Waals surface area contributed by atoms with Gasteiger partial charge in [0.25, 0.3) is 0 Å². The Labute approximate surface area is 134 Å². The van der Waals surface area contributed by atoms with Gasteiger partial charge in [0, 0.05) is 15.8 Å². The second-order valence-corrected chi connectivity index (χ2v) is 8.60. The second kappa shape index (κ2) is 7.26. The van der Waals surface area contributed by atoms with E-state index in [2.05, 4.69) is 57.1 Å². The third-order valence-electron chi connectivity index (χ3n) is 4.50. The molecular weight excluding hydrogens is 276 g/mol. The van der Waals surface area contributed by atoms with E-state index in [1.807, 2.05) is 11.3 Å². The van der Waals surface area contributed by atoms with Crippen LogP contribution in [-0.2, 0) is 5.41 Å². The number of piperidine rings is 1. The summed E-state index contributed by atoms with van der Waals surface area (Å²) in [4.78, 5) is 5.64. The summed E-state index contributed by atoms with van der Waals surface area (Å²) in [6.07, 6.45) is 3.91. The monoisotopic (exact) mass is 308 g/mol. The third kappa shape index (κ3) is 4.30. The number of nitrogens with zero attached hydrogens (tertiary/aromatic N) is 1. The van der Waals surface area contributed by atoms with E-state index in [0.717, 1.165) is 19.0 Å². The van der Waals surface area contributed by atoms with Gasteiger partial charge in [0.05, 0.1) is 0 Å². The molecule has 1 N–H and O–H groups in total. The van der Waals surface area contributed by atoms with Crippen LogP contribution in [0.4, 0.5) is 0 Å². The second-order valence-electron chi connectivity index (χ2n) is 7.48. The van der Waals surface area contributed by atoms with Crippen LogP contribution < -0.4 is 5.32 Å². The Balaban J connectivity index is 2.13. The molecule has 0 bridgehead atoms. The van der Waals surface area contributed by atoms with E-state index in [1.165, 1.54) is 30.7 Å². The minimum absolute atomic E-state index is 0.270. The molecule has 1 aliphatic rings. The highest BCUT2D eigenvalue weighted by molar-refractivity contribution is 7.12. The van der Waals surface area contributed by atoms with Crippen molar-refractivity contribution in [3.05, 3.63) is 21.9 Å². The Bertz CT molecular complexity index is 433. The van der Waals surface area contributed by atoms with E-state index in [0.29, 0.717) is 6.04 Å². The Morgan fingerprint density at radius 3 is 2.71 bits per heavy atom. The maximum absolute atomic E-state index is 3.64. The van der Waals surface area contributed by atoms with Gasteiger partial charge < -0.3 is 5.32 Å². The maximum Gasteiger partial charge on any atom is 0.0478 e. The van der Waals surface area contributed by atoms with Crippen LogP contribution in [-0.4, -0.2) is 31.6 Å². The molecule has 2 nitrogen and oxygen atoms in total. The lowest BCUT2D eigenvalue weighted by atomic mass is 9.88. The van der Waals surface area contributed by atoms with Crippen LogP contribution in [0.25, 0.3) is 0 Å². The first-order chi connectivity index (χ1) is 9.93. The van der Waals surface area contributed by atoms with Crippen LogP contribution in [0.1, 0.15) is 62.8 Å². The average molecular weight is 309 g/mol. The van der Waals surface area contributed by atoms with Gasteiger partial charge in [0.15, 0.2) is 0 Å². The molecule has 1 saturated heterocycles. The normalized spacial score (nSPS) is 24.4. The third-order valence-corrected chi connectivity index (χ3v) is 6.08. The number of likely N-dealkylation sites (tertiary alicyclic amines) is 1. The van der Waals surface area contributed by atoms with Crippen LogP contribution >= 0.6 is 11.3 Å². The van der Waals surface area contributed by atoms with E-state index < -0.39 is 0 Å². The summed E-state index contributed by atoms with van der Waals surface area (Å²) >= 11 is 2.02. The number of nitrogens with one attached hydrogen (secondary N) is 1. The molecular formula is C18H32N2S. The minimum atomic E-state index is 0.270. The highest BCUT2D eigenvalue weighted by Gasteiger charge is 2.32. The fourth-order valence-electron chi connectivity index (χ4n) is 3.30. The summed E-state index contributed by atoms with van der Waals surface area (Å²) in [6.45, 7) is 12.7. The van der Waals surface area contributed by atoms with Crippen molar-refractivity contribution in [2.45, 2.75) is 58.4 Å². The van der Waals surface area contributed by atoms with E-state index in [-0.39, 0.29) is 5.41 Å². The molecule has 1 aromatic heterocycles. The standard InChI is InChI=1S/C18H32N2S/c1-6-11-19-13-14-8-7-12-20(5)17(14)15-9-10-16(21-15)18(2,3)4/h9-10,14,17,19H,6-8,11-13H2,1-5H3. The number of rotatable bonds is 5. The van der Waals surface area contributed by atoms with Crippen molar-refractivity contribution in [2.24, 2.45) is 5.92 Å². The molecule has 0 amide bonds. The van der Waals surface area contributed by atoms with E-state index in [1.54, 1.807) is 4.88 Å². The van der Waals surface area contributed by atoms with Gasteiger partial charge in [0.1, 0.15) is 0 Å². The van der Waals surface area contributed by atoms with Crippen LogP contribution in [0.15, 0.2) is 12.1 Å². The molecule has 2 rings (SSSR count). The first-order valence-electron chi connectivity index (χ1n) is 8.44. The molecule has 0 spiro atoms. The zero-order valence-corrected chi connectivity index (χ0v) is 15.2. The van der Waals surface area contributed by atoms with Crippen LogP contribution in [0, 0.1) is 5.92 Å². The molecule has 0 aromatic carbocycles. The number of hydrogen-bond donors (Lipinski definition) is 1. The minimum Gasteiger partial charge on any atom is -0.316 e. The highest BCUT2D eigenvalue weighted by Crippen LogP contribution is 2.40. The van der Waals surface area contributed by atoms with E-state index in [9.17, 15) is 0 Å². The molecule has 0 radical (unpaired) electrons. The first kappa shape index (κ1) is 17.0. The van der Waals surface area contributed by atoms with Crippen molar-refractivity contribution in [1.29, 1.82) is 0 Å². The zero-order chi connectivity index (χ0) is 15.5. The highest BCUT2D eigenvalue weighted by atomic mass is 32.1. The zero-order valence-electron chi connectivity index (χ0n) is 14.4. The fraction of sp³-hybridized carbons (Fsp3) is 0.778. The summed E-state index contributed by atoms with van der Waals surface area (Å²) in [5.74, 6) is 0.752. The summed E-state index contributed by atoms with van der Waals surface area (Å²) in [5.41, 5.74) is 0.270. The molecule has 2 heterocycles. The lowest BCUT2D eigenvalue weighted by Gasteiger charge is -2.39. The summed E-state index contributed by atoms with van der Waals surface area (Å²) in [5, 5.41) is 3.64. The topological polar surface area (TPSA) is 15.3 Å². The quantitative estimate of drug-likeness (QED) is 0.810. The van der Waals surface area contributed by atoms with Crippen LogP contribution in [0.3, 0.4) is 0 Å². The van der Waals surface area contributed by atoms with E-state index in [4.69, 9.17) is 0 Å². The molecule has 1 aromatic rings. The van der Waals surface area contributed by atoms with Crippen molar-refractivity contribution in [3.8, 4) is 0 Å². The van der Waals surface area contributed by atoms with Gasteiger partial charge in [-0.25, -0.2) is 0 Å². The van der Waals surface area contributed by atoms with Gasteiger partial charge in [-0.15, -0.1) is 11.3 Å². The molecule has 0 saturated carbocycles. The largest absolute Gasteiger partial charge is 0.316 e.